The van der Waals surface area contributed by atoms with E-state index in [1.54, 1.807) is 31.6 Å². The lowest BCUT2D eigenvalue weighted by Gasteiger charge is -2.25. The number of rotatable bonds is 10. The van der Waals surface area contributed by atoms with Crippen molar-refractivity contribution in [2.24, 2.45) is 0 Å². The van der Waals surface area contributed by atoms with Crippen LogP contribution < -0.4 is 20.7 Å². The maximum atomic E-state index is 14.2. The van der Waals surface area contributed by atoms with Crippen molar-refractivity contribution in [3.8, 4) is 5.75 Å². The summed E-state index contributed by atoms with van der Waals surface area (Å²) < 4.78 is 25.6. The fraction of sp³-hybridized carbons (Fsp3) is 0.400. The molecule has 1 aliphatic rings. The number of aromatic nitrogens is 1. The zero-order valence-electron chi connectivity index (χ0n) is 20.0. The number of ether oxygens (including phenoxy) is 2. The van der Waals surface area contributed by atoms with Crippen LogP contribution in [0.2, 0.25) is 0 Å². The van der Waals surface area contributed by atoms with Gasteiger partial charge in [0.15, 0.2) is 0 Å². The number of methoxy groups -OCH3 is 1. The van der Waals surface area contributed by atoms with E-state index in [-0.39, 0.29) is 16.7 Å². The summed E-state index contributed by atoms with van der Waals surface area (Å²) in [4.78, 5) is 17.1. The molecule has 3 N–H and O–H groups in total. The standard InChI is InChI=1S/C25H31FN4O3S/c1-5-17-18(26)7-6-8-19(17)30-24(34)22-20(10-12-28-23(22)31)29-13-16-9-11-27-14-21(16)33-15-25(2,3)32-4/h6-9,11,14,29H,5,10,12-13,15H2,1-4H3,(H,28,31)(H,30,34). The first-order valence-electron chi connectivity index (χ1n) is 11.2. The van der Waals surface area contributed by atoms with E-state index in [0.29, 0.717) is 55.1 Å². The molecule has 1 aliphatic heterocycles. The van der Waals surface area contributed by atoms with Gasteiger partial charge in [0.2, 0.25) is 0 Å². The fourth-order valence-corrected chi connectivity index (χ4v) is 3.81. The Bertz CT molecular complexity index is 1090. The van der Waals surface area contributed by atoms with Crippen LogP contribution in [0, 0.1) is 5.82 Å². The van der Waals surface area contributed by atoms with Crippen molar-refractivity contribution >= 4 is 28.8 Å². The summed E-state index contributed by atoms with van der Waals surface area (Å²) in [7, 11) is 1.64. The summed E-state index contributed by atoms with van der Waals surface area (Å²) in [6.45, 7) is 7.02. The molecule has 0 fully saturated rings. The Morgan fingerprint density at radius 2 is 2.12 bits per heavy atom. The van der Waals surface area contributed by atoms with Crippen molar-refractivity contribution < 1.29 is 18.7 Å². The highest BCUT2D eigenvalue weighted by molar-refractivity contribution is 7.81. The van der Waals surface area contributed by atoms with Crippen LogP contribution in [-0.2, 0) is 22.5 Å². The van der Waals surface area contributed by atoms with Crippen LogP contribution in [-0.4, -0.2) is 41.7 Å². The number of hydrogen-bond donors (Lipinski definition) is 3. The molecule has 7 nitrogen and oxygen atoms in total. The van der Waals surface area contributed by atoms with Gasteiger partial charge in [0, 0.05) is 55.3 Å². The van der Waals surface area contributed by atoms with Gasteiger partial charge in [-0.05, 0) is 38.5 Å². The summed E-state index contributed by atoms with van der Waals surface area (Å²) in [5.74, 6) is 0.0573. The molecule has 0 radical (unpaired) electrons. The molecule has 1 aromatic heterocycles. The predicted molar refractivity (Wildman–Crippen MR) is 134 cm³/mol. The molecular formula is C25H31FN4O3S. The fourth-order valence-electron chi connectivity index (χ4n) is 3.49. The van der Waals surface area contributed by atoms with Crippen molar-refractivity contribution in [2.75, 3.05) is 25.6 Å². The maximum Gasteiger partial charge on any atom is 0.256 e. The number of anilines is 1. The highest BCUT2D eigenvalue weighted by Gasteiger charge is 2.25. The Labute approximate surface area is 205 Å². The van der Waals surface area contributed by atoms with Gasteiger partial charge in [-0.2, -0.15) is 0 Å². The average molecular weight is 487 g/mol. The van der Waals surface area contributed by atoms with E-state index in [1.165, 1.54) is 6.07 Å². The largest absolute Gasteiger partial charge is 0.489 e. The minimum absolute atomic E-state index is 0.244. The maximum absolute atomic E-state index is 14.2. The summed E-state index contributed by atoms with van der Waals surface area (Å²) in [6.07, 6.45) is 4.44. The van der Waals surface area contributed by atoms with Gasteiger partial charge in [-0.1, -0.05) is 25.2 Å². The van der Waals surface area contributed by atoms with Gasteiger partial charge in [0.1, 0.15) is 23.2 Å². The molecule has 3 rings (SSSR count). The number of halogens is 1. The van der Waals surface area contributed by atoms with Gasteiger partial charge in [-0.15, -0.1) is 0 Å². The third-order valence-electron chi connectivity index (χ3n) is 5.63. The lowest BCUT2D eigenvalue weighted by molar-refractivity contribution is -0.117. The van der Waals surface area contributed by atoms with E-state index in [9.17, 15) is 9.18 Å². The van der Waals surface area contributed by atoms with Crippen LogP contribution in [0.5, 0.6) is 5.75 Å². The Hall–Kier alpha value is -3.04. The molecular weight excluding hydrogens is 455 g/mol. The first kappa shape index (κ1) is 25.6. The predicted octanol–water partition coefficient (Wildman–Crippen LogP) is 3.89. The van der Waals surface area contributed by atoms with Crippen LogP contribution in [0.15, 0.2) is 47.9 Å². The van der Waals surface area contributed by atoms with Gasteiger partial charge >= 0.3 is 0 Å². The highest BCUT2D eigenvalue weighted by atomic mass is 32.1. The molecule has 0 unspecified atom stereocenters. The second-order valence-electron chi connectivity index (χ2n) is 8.52. The quantitative estimate of drug-likeness (QED) is 0.440. The molecule has 0 spiro atoms. The van der Waals surface area contributed by atoms with E-state index in [4.69, 9.17) is 21.7 Å². The molecule has 0 saturated heterocycles. The Balaban J connectivity index is 1.80. The van der Waals surface area contributed by atoms with Crippen LogP contribution in [0.1, 0.15) is 38.3 Å². The van der Waals surface area contributed by atoms with E-state index in [0.717, 1.165) is 11.3 Å². The lowest BCUT2D eigenvalue weighted by atomic mass is 10.0. The number of nitrogens with zero attached hydrogens (tertiary/aromatic N) is 1. The number of nitrogens with one attached hydrogen (secondary N) is 3. The molecule has 9 heteroatoms. The number of carbonyl (C=O) groups excluding carboxylic acids is 1. The molecule has 34 heavy (non-hydrogen) atoms. The molecule has 0 aliphatic carbocycles. The van der Waals surface area contributed by atoms with E-state index in [2.05, 4.69) is 20.9 Å². The third kappa shape index (κ3) is 6.30. The van der Waals surface area contributed by atoms with E-state index >= 15 is 0 Å². The molecule has 0 saturated carbocycles. The van der Waals surface area contributed by atoms with Crippen molar-refractivity contribution in [3.63, 3.8) is 0 Å². The zero-order chi connectivity index (χ0) is 24.7. The first-order valence-corrected chi connectivity index (χ1v) is 11.6. The number of hydrogen-bond acceptors (Lipinski definition) is 6. The molecule has 2 heterocycles. The SMILES string of the molecule is CCc1c(F)cccc1NC(=S)C1=C(NCc2ccncc2OCC(C)(C)OC)CCNC1=O. The topological polar surface area (TPSA) is 84.5 Å². The van der Waals surface area contributed by atoms with Crippen LogP contribution in [0.3, 0.4) is 0 Å². The average Bonchev–Trinajstić information content (AvgIpc) is 2.82. The number of carbonyl (C=O) groups is 1. The molecule has 0 atom stereocenters. The van der Waals surface area contributed by atoms with E-state index < -0.39 is 5.60 Å². The second kappa shape index (κ2) is 11.4. The van der Waals surface area contributed by atoms with Crippen LogP contribution >= 0.6 is 12.2 Å². The number of amides is 1. The first-order chi connectivity index (χ1) is 16.3. The zero-order valence-corrected chi connectivity index (χ0v) is 20.8. The lowest BCUT2D eigenvalue weighted by Crippen LogP contribution is -2.39. The van der Waals surface area contributed by atoms with E-state index in [1.807, 2.05) is 26.8 Å². The van der Waals surface area contributed by atoms with Gasteiger partial charge in [0.25, 0.3) is 5.91 Å². The summed E-state index contributed by atoms with van der Waals surface area (Å²) in [6, 6.07) is 6.64. The Kier molecular flexibility index (Phi) is 8.57. The minimum Gasteiger partial charge on any atom is -0.489 e. The van der Waals surface area contributed by atoms with Gasteiger partial charge in [-0.25, -0.2) is 4.39 Å². The smallest absolute Gasteiger partial charge is 0.256 e. The summed E-state index contributed by atoms with van der Waals surface area (Å²) in [5.41, 5.74) is 2.60. The number of pyridine rings is 1. The highest BCUT2D eigenvalue weighted by Crippen LogP contribution is 2.23. The summed E-state index contributed by atoms with van der Waals surface area (Å²) in [5, 5.41) is 9.26. The Morgan fingerprint density at radius 1 is 1.32 bits per heavy atom. The van der Waals surface area contributed by atoms with Crippen molar-refractivity contribution in [1.29, 1.82) is 0 Å². The third-order valence-corrected chi connectivity index (χ3v) is 5.93. The van der Waals surface area contributed by atoms with Crippen molar-refractivity contribution in [1.82, 2.24) is 15.6 Å². The minimum atomic E-state index is -0.441. The van der Waals surface area contributed by atoms with Gasteiger partial charge in [0.05, 0.1) is 17.4 Å². The monoisotopic (exact) mass is 486 g/mol. The summed E-state index contributed by atoms with van der Waals surface area (Å²) >= 11 is 5.57. The van der Waals surface area contributed by atoms with Gasteiger partial charge in [-0.3, -0.25) is 9.78 Å². The van der Waals surface area contributed by atoms with Crippen LogP contribution in [0.25, 0.3) is 0 Å². The van der Waals surface area contributed by atoms with Crippen LogP contribution in [0.4, 0.5) is 10.1 Å². The Morgan fingerprint density at radius 3 is 2.85 bits per heavy atom. The number of thiocarbonyl (C=S) groups is 1. The van der Waals surface area contributed by atoms with Gasteiger partial charge < -0.3 is 25.4 Å². The van der Waals surface area contributed by atoms with Crippen molar-refractivity contribution in [2.45, 2.75) is 45.8 Å². The molecule has 0 bridgehead atoms. The molecule has 182 valence electrons. The normalized spacial score (nSPS) is 14.0. The van der Waals surface area contributed by atoms with Crippen molar-refractivity contribution in [3.05, 3.63) is 64.9 Å². The molecule has 2 aromatic rings. The second-order valence-corrected chi connectivity index (χ2v) is 8.93. The molecule has 1 aromatic carbocycles. The number of benzene rings is 1. The molecule has 1 amide bonds.